The molecule has 0 aliphatic carbocycles. The van der Waals surface area contributed by atoms with E-state index in [2.05, 4.69) is 25.5 Å². The Morgan fingerprint density at radius 3 is 2.34 bits per heavy atom. The Balaban J connectivity index is 1.43. The lowest BCUT2D eigenvalue weighted by Gasteiger charge is -2.17. The molecule has 4 rings (SSSR count). The first-order valence-electron chi connectivity index (χ1n) is 9.29. The maximum atomic E-state index is 13.3. The Morgan fingerprint density at radius 1 is 0.897 bits per heavy atom. The van der Waals surface area contributed by atoms with Crippen LogP contribution in [0.1, 0.15) is 23.3 Å². The van der Waals surface area contributed by atoms with Crippen molar-refractivity contribution in [1.29, 1.82) is 0 Å². The van der Waals surface area contributed by atoms with Gasteiger partial charge in [-0.1, -0.05) is 0 Å². The molecule has 6 nitrogen and oxygen atoms in total. The van der Waals surface area contributed by atoms with Crippen molar-refractivity contribution in [3.63, 3.8) is 0 Å². The van der Waals surface area contributed by atoms with Gasteiger partial charge in [-0.05, 0) is 49.2 Å². The molecule has 0 unspecified atom stereocenters. The van der Waals surface area contributed by atoms with Crippen LogP contribution in [0.4, 0.5) is 31.7 Å². The summed E-state index contributed by atoms with van der Waals surface area (Å²) in [5.74, 6) is -2.01. The van der Waals surface area contributed by atoms with Crippen molar-refractivity contribution in [2.75, 3.05) is 28.6 Å². The standard InChI is InChI=1S/C21H19F2N5O/c22-17-8-5-15(11-18(17)23)26-20-12-19(24-13-25-20)21(29)27-14-3-6-16(7-4-14)28-9-1-2-10-28/h3-8,11-13H,1-2,9-10H2,(H,27,29)(H,24,25,26). The van der Waals surface area contributed by atoms with Gasteiger partial charge in [-0.2, -0.15) is 0 Å². The third-order valence-electron chi connectivity index (χ3n) is 4.69. The average molecular weight is 395 g/mol. The van der Waals surface area contributed by atoms with E-state index in [4.69, 9.17) is 0 Å². The van der Waals surface area contributed by atoms with Gasteiger partial charge in [-0.15, -0.1) is 0 Å². The number of rotatable bonds is 5. The van der Waals surface area contributed by atoms with Crippen molar-refractivity contribution < 1.29 is 13.6 Å². The first-order chi connectivity index (χ1) is 14.1. The summed E-state index contributed by atoms with van der Waals surface area (Å²) in [7, 11) is 0. The molecule has 2 N–H and O–H groups in total. The smallest absolute Gasteiger partial charge is 0.274 e. The van der Waals surface area contributed by atoms with E-state index in [-0.39, 0.29) is 5.69 Å². The van der Waals surface area contributed by atoms with Gasteiger partial charge in [0.1, 0.15) is 17.8 Å². The van der Waals surface area contributed by atoms with Crippen molar-refractivity contribution in [2.45, 2.75) is 12.8 Å². The zero-order chi connectivity index (χ0) is 20.2. The number of hydrogen-bond donors (Lipinski definition) is 2. The summed E-state index contributed by atoms with van der Waals surface area (Å²) in [4.78, 5) is 22.8. The van der Waals surface area contributed by atoms with Gasteiger partial charge in [0.2, 0.25) is 0 Å². The molecule has 148 valence electrons. The molecule has 2 aromatic carbocycles. The summed E-state index contributed by atoms with van der Waals surface area (Å²) in [6, 6.07) is 12.5. The lowest BCUT2D eigenvalue weighted by molar-refractivity contribution is 0.102. The molecule has 8 heteroatoms. The van der Waals surface area contributed by atoms with Gasteiger partial charge in [0, 0.05) is 42.3 Å². The normalized spacial score (nSPS) is 13.4. The van der Waals surface area contributed by atoms with E-state index in [1.165, 1.54) is 31.3 Å². The minimum absolute atomic E-state index is 0.147. The van der Waals surface area contributed by atoms with E-state index in [0.29, 0.717) is 17.2 Å². The second-order valence-corrected chi connectivity index (χ2v) is 6.74. The number of nitrogens with one attached hydrogen (secondary N) is 2. The minimum Gasteiger partial charge on any atom is -0.372 e. The highest BCUT2D eigenvalue weighted by molar-refractivity contribution is 6.03. The van der Waals surface area contributed by atoms with Gasteiger partial charge < -0.3 is 15.5 Å². The molecule has 3 aromatic rings. The molecule has 1 aromatic heterocycles. The number of aromatic nitrogens is 2. The molecule has 1 aliphatic rings. The van der Waals surface area contributed by atoms with E-state index in [0.717, 1.165) is 30.9 Å². The molecule has 1 aliphatic heterocycles. The molecule has 1 amide bonds. The number of benzene rings is 2. The Labute approximate surface area is 166 Å². The molecule has 1 fully saturated rings. The fourth-order valence-electron chi connectivity index (χ4n) is 3.20. The molecule has 0 atom stereocenters. The highest BCUT2D eigenvalue weighted by Crippen LogP contribution is 2.22. The lowest BCUT2D eigenvalue weighted by Crippen LogP contribution is -2.18. The van der Waals surface area contributed by atoms with Crippen LogP contribution in [-0.2, 0) is 0 Å². The third kappa shape index (κ3) is 4.48. The molecular weight excluding hydrogens is 376 g/mol. The number of carbonyl (C=O) groups excluding carboxylic acids is 1. The fourth-order valence-corrected chi connectivity index (χ4v) is 3.20. The highest BCUT2D eigenvalue weighted by atomic mass is 19.2. The summed E-state index contributed by atoms with van der Waals surface area (Å²) in [5.41, 5.74) is 2.26. The van der Waals surface area contributed by atoms with E-state index < -0.39 is 17.5 Å². The van der Waals surface area contributed by atoms with Crippen LogP contribution in [0.3, 0.4) is 0 Å². The van der Waals surface area contributed by atoms with Crippen LogP contribution in [0.25, 0.3) is 0 Å². The largest absolute Gasteiger partial charge is 0.372 e. The van der Waals surface area contributed by atoms with Crippen LogP contribution in [0, 0.1) is 11.6 Å². The fraction of sp³-hybridized carbons (Fsp3) is 0.190. The summed E-state index contributed by atoms with van der Waals surface area (Å²) in [6.07, 6.45) is 3.63. The number of hydrogen-bond acceptors (Lipinski definition) is 5. The molecule has 0 spiro atoms. The maximum absolute atomic E-state index is 13.3. The monoisotopic (exact) mass is 395 g/mol. The number of anilines is 4. The Kier molecular flexibility index (Phi) is 5.33. The SMILES string of the molecule is O=C(Nc1ccc(N2CCCC2)cc1)c1cc(Nc2ccc(F)c(F)c2)ncn1. The summed E-state index contributed by atoms with van der Waals surface area (Å²) in [6.45, 7) is 2.11. The molecule has 1 saturated heterocycles. The summed E-state index contributed by atoms with van der Waals surface area (Å²) < 4.78 is 26.4. The van der Waals surface area contributed by atoms with Gasteiger partial charge in [0.25, 0.3) is 5.91 Å². The van der Waals surface area contributed by atoms with Gasteiger partial charge in [0.15, 0.2) is 11.6 Å². The summed E-state index contributed by atoms with van der Waals surface area (Å²) in [5, 5.41) is 5.63. The van der Waals surface area contributed by atoms with Crippen LogP contribution in [0.5, 0.6) is 0 Å². The molecule has 0 saturated carbocycles. The van der Waals surface area contributed by atoms with Crippen LogP contribution in [-0.4, -0.2) is 29.0 Å². The lowest BCUT2D eigenvalue weighted by atomic mass is 10.2. The number of amides is 1. The second-order valence-electron chi connectivity index (χ2n) is 6.74. The van der Waals surface area contributed by atoms with Crippen LogP contribution >= 0.6 is 0 Å². The molecule has 0 radical (unpaired) electrons. The molecule has 2 heterocycles. The van der Waals surface area contributed by atoms with E-state index in [9.17, 15) is 13.6 Å². The maximum Gasteiger partial charge on any atom is 0.274 e. The van der Waals surface area contributed by atoms with Crippen molar-refractivity contribution >= 4 is 28.8 Å². The summed E-state index contributed by atoms with van der Waals surface area (Å²) >= 11 is 0. The number of nitrogens with zero attached hydrogens (tertiary/aromatic N) is 3. The Bertz CT molecular complexity index is 1020. The average Bonchev–Trinajstić information content (AvgIpc) is 3.26. The van der Waals surface area contributed by atoms with Crippen LogP contribution < -0.4 is 15.5 Å². The Hall–Kier alpha value is -3.55. The predicted molar refractivity (Wildman–Crippen MR) is 108 cm³/mol. The van der Waals surface area contributed by atoms with E-state index in [1.54, 1.807) is 0 Å². The van der Waals surface area contributed by atoms with E-state index >= 15 is 0 Å². The second kappa shape index (κ2) is 8.22. The van der Waals surface area contributed by atoms with Gasteiger partial charge in [0.05, 0.1) is 0 Å². The third-order valence-corrected chi connectivity index (χ3v) is 4.69. The van der Waals surface area contributed by atoms with Gasteiger partial charge >= 0.3 is 0 Å². The molecule has 0 bridgehead atoms. The zero-order valence-corrected chi connectivity index (χ0v) is 15.5. The highest BCUT2D eigenvalue weighted by Gasteiger charge is 2.13. The van der Waals surface area contributed by atoms with Crippen molar-refractivity contribution in [1.82, 2.24) is 9.97 Å². The predicted octanol–water partition coefficient (Wildman–Crippen LogP) is 4.35. The van der Waals surface area contributed by atoms with Crippen LogP contribution in [0.15, 0.2) is 54.9 Å². The minimum atomic E-state index is -0.973. The van der Waals surface area contributed by atoms with Gasteiger partial charge in [-0.25, -0.2) is 18.7 Å². The first kappa shape index (κ1) is 18.8. The number of carbonyl (C=O) groups is 1. The Morgan fingerprint density at radius 2 is 1.62 bits per heavy atom. The molecular formula is C21H19F2N5O. The topological polar surface area (TPSA) is 70.2 Å². The zero-order valence-electron chi connectivity index (χ0n) is 15.5. The quantitative estimate of drug-likeness (QED) is 0.672. The van der Waals surface area contributed by atoms with E-state index in [1.807, 2.05) is 24.3 Å². The van der Waals surface area contributed by atoms with Gasteiger partial charge in [-0.3, -0.25) is 4.79 Å². The molecule has 29 heavy (non-hydrogen) atoms. The number of halogens is 2. The van der Waals surface area contributed by atoms with Crippen molar-refractivity contribution in [3.8, 4) is 0 Å². The first-order valence-corrected chi connectivity index (χ1v) is 9.29. The van der Waals surface area contributed by atoms with Crippen LogP contribution in [0.2, 0.25) is 0 Å². The van der Waals surface area contributed by atoms with Crippen molar-refractivity contribution in [3.05, 3.63) is 72.2 Å². The van der Waals surface area contributed by atoms with Crippen molar-refractivity contribution in [2.24, 2.45) is 0 Å².